The van der Waals surface area contributed by atoms with E-state index in [2.05, 4.69) is 4.90 Å². The number of halogens is 2. The molecule has 0 saturated carbocycles. The van der Waals surface area contributed by atoms with Crippen molar-refractivity contribution in [2.24, 2.45) is 5.73 Å². The number of likely N-dealkylation sites (tertiary alicyclic amines) is 1. The highest BCUT2D eigenvalue weighted by molar-refractivity contribution is 5.22. The van der Waals surface area contributed by atoms with Crippen molar-refractivity contribution in [2.75, 3.05) is 19.6 Å². The Morgan fingerprint density at radius 1 is 1.26 bits per heavy atom. The standard InChI is InChI=1S/C14H18F2N2O/c15-9-1-4-12(13(16)5-9)14(17)8-18-6-10-2-3-11(7-18)19-10/h1,4-5,10-11,14H,2-3,6-8,17H2. The van der Waals surface area contributed by atoms with Crippen molar-refractivity contribution in [3.8, 4) is 0 Å². The minimum Gasteiger partial charge on any atom is -0.372 e. The summed E-state index contributed by atoms with van der Waals surface area (Å²) in [4.78, 5) is 2.22. The third-order valence-corrected chi connectivity index (χ3v) is 3.94. The van der Waals surface area contributed by atoms with Crippen LogP contribution in [0.1, 0.15) is 24.4 Å². The van der Waals surface area contributed by atoms with E-state index in [0.717, 1.165) is 32.0 Å². The summed E-state index contributed by atoms with van der Waals surface area (Å²) < 4.78 is 32.3. The first kappa shape index (κ1) is 13.0. The van der Waals surface area contributed by atoms with Gasteiger partial charge in [0.2, 0.25) is 0 Å². The lowest BCUT2D eigenvalue weighted by Gasteiger charge is -2.33. The Hall–Kier alpha value is -1.04. The van der Waals surface area contributed by atoms with E-state index in [0.29, 0.717) is 24.3 Å². The number of rotatable bonds is 3. The van der Waals surface area contributed by atoms with E-state index >= 15 is 0 Å². The predicted octanol–water partition coefficient (Wildman–Crippen LogP) is 1.83. The number of nitrogens with two attached hydrogens (primary N) is 1. The number of nitrogens with zero attached hydrogens (tertiary/aromatic N) is 1. The maximum Gasteiger partial charge on any atom is 0.130 e. The normalized spacial score (nSPS) is 28.6. The quantitative estimate of drug-likeness (QED) is 0.909. The first-order valence-electron chi connectivity index (χ1n) is 6.70. The van der Waals surface area contributed by atoms with Crippen molar-refractivity contribution in [1.82, 2.24) is 4.90 Å². The van der Waals surface area contributed by atoms with Crippen LogP contribution in [0.15, 0.2) is 18.2 Å². The molecule has 1 aromatic rings. The molecule has 2 saturated heterocycles. The van der Waals surface area contributed by atoms with Crippen LogP contribution < -0.4 is 5.73 Å². The minimum absolute atomic E-state index is 0.295. The van der Waals surface area contributed by atoms with Crippen molar-refractivity contribution in [1.29, 1.82) is 0 Å². The Kier molecular flexibility index (Phi) is 3.52. The van der Waals surface area contributed by atoms with Crippen LogP contribution in [0.5, 0.6) is 0 Å². The lowest BCUT2D eigenvalue weighted by Crippen LogP contribution is -2.45. The van der Waals surface area contributed by atoms with Gasteiger partial charge in [0.1, 0.15) is 11.6 Å². The van der Waals surface area contributed by atoms with Gasteiger partial charge in [0.25, 0.3) is 0 Å². The molecule has 3 nitrogen and oxygen atoms in total. The van der Waals surface area contributed by atoms with Gasteiger partial charge < -0.3 is 10.5 Å². The van der Waals surface area contributed by atoms with Crippen LogP contribution in [0.25, 0.3) is 0 Å². The zero-order chi connectivity index (χ0) is 13.4. The number of hydrogen-bond acceptors (Lipinski definition) is 3. The van der Waals surface area contributed by atoms with Gasteiger partial charge >= 0.3 is 0 Å². The fraction of sp³-hybridized carbons (Fsp3) is 0.571. The highest BCUT2D eigenvalue weighted by atomic mass is 19.1. The molecule has 0 amide bonds. The zero-order valence-corrected chi connectivity index (χ0v) is 10.7. The molecule has 3 unspecified atom stereocenters. The van der Waals surface area contributed by atoms with Gasteiger partial charge in [-0.3, -0.25) is 4.90 Å². The fourth-order valence-electron chi connectivity index (χ4n) is 3.03. The molecule has 5 heteroatoms. The van der Waals surface area contributed by atoms with E-state index in [1.807, 2.05) is 0 Å². The van der Waals surface area contributed by atoms with Crippen LogP contribution in [0.3, 0.4) is 0 Å². The molecule has 2 aliphatic heterocycles. The fourth-order valence-corrected chi connectivity index (χ4v) is 3.03. The second kappa shape index (κ2) is 5.15. The first-order valence-corrected chi connectivity index (χ1v) is 6.70. The summed E-state index contributed by atoms with van der Waals surface area (Å²) in [6.45, 7) is 2.29. The minimum atomic E-state index is -0.571. The Morgan fingerprint density at radius 2 is 1.95 bits per heavy atom. The van der Waals surface area contributed by atoms with Crippen molar-refractivity contribution in [3.63, 3.8) is 0 Å². The average molecular weight is 268 g/mol. The number of ether oxygens (including phenoxy) is 1. The number of benzene rings is 1. The molecule has 2 heterocycles. The highest BCUT2D eigenvalue weighted by Crippen LogP contribution is 2.27. The van der Waals surface area contributed by atoms with Gasteiger partial charge in [-0.2, -0.15) is 0 Å². The summed E-state index contributed by atoms with van der Waals surface area (Å²) in [6.07, 6.45) is 2.79. The van der Waals surface area contributed by atoms with E-state index in [-0.39, 0.29) is 0 Å². The molecule has 2 bridgehead atoms. The van der Waals surface area contributed by atoms with E-state index in [1.54, 1.807) is 0 Å². The molecule has 3 atom stereocenters. The van der Waals surface area contributed by atoms with Gasteiger partial charge in [-0.15, -0.1) is 0 Å². The molecule has 1 aromatic carbocycles. The van der Waals surface area contributed by atoms with Crippen LogP contribution in [0, 0.1) is 11.6 Å². The molecule has 2 N–H and O–H groups in total. The Balaban J connectivity index is 1.66. The van der Waals surface area contributed by atoms with Gasteiger partial charge in [0, 0.05) is 37.3 Å². The number of hydrogen-bond donors (Lipinski definition) is 1. The van der Waals surface area contributed by atoms with E-state index in [9.17, 15) is 8.78 Å². The molecule has 104 valence electrons. The maximum atomic E-state index is 13.7. The second-order valence-electron chi connectivity index (χ2n) is 5.45. The van der Waals surface area contributed by atoms with Crippen LogP contribution in [0.4, 0.5) is 8.78 Å². The van der Waals surface area contributed by atoms with E-state index in [1.165, 1.54) is 12.1 Å². The van der Waals surface area contributed by atoms with E-state index < -0.39 is 17.7 Å². The van der Waals surface area contributed by atoms with Crippen molar-refractivity contribution >= 4 is 0 Å². The molecule has 19 heavy (non-hydrogen) atoms. The third-order valence-electron chi connectivity index (χ3n) is 3.94. The second-order valence-corrected chi connectivity index (χ2v) is 5.45. The Morgan fingerprint density at radius 3 is 2.58 bits per heavy atom. The molecule has 2 fully saturated rings. The smallest absolute Gasteiger partial charge is 0.130 e. The van der Waals surface area contributed by atoms with Crippen molar-refractivity contribution in [3.05, 3.63) is 35.4 Å². The molecule has 0 aliphatic carbocycles. The summed E-state index contributed by atoms with van der Waals surface area (Å²) >= 11 is 0. The van der Waals surface area contributed by atoms with Crippen LogP contribution in [-0.2, 0) is 4.74 Å². The Bertz CT molecular complexity index is 457. The molecule has 0 radical (unpaired) electrons. The van der Waals surface area contributed by atoms with Gasteiger partial charge in [-0.1, -0.05) is 6.07 Å². The summed E-state index contributed by atoms with van der Waals surface area (Å²) in [7, 11) is 0. The van der Waals surface area contributed by atoms with Crippen LogP contribution in [0.2, 0.25) is 0 Å². The topological polar surface area (TPSA) is 38.5 Å². The van der Waals surface area contributed by atoms with Gasteiger partial charge in [-0.25, -0.2) is 8.78 Å². The summed E-state index contributed by atoms with van der Waals surface area (Å²) in [5.41, 5.74) is 6.42. The van der Waals surface area contributed by atoms with Gasteiger partial charge in [0.15, 0.2) is 0 Å². The van der Waals surface area contributed by atoms with Gasteiger partial charge in [0.05, 0.1) is 12.2 Å². The molecule has 3 rings (SSSR count). The monoisotopic (exact) mass is 268 g/mol. The summed E-state index contributed by atoms with van der Waals surface area (Å²) in [5.74, 6) is -1.14. The molecular weight excluding hydrogens is 250 g/mol. The molecule has 0 spiro atoms. The van der Waals surface area contributed by atoms with Crippen LogP contribution in [-0.4, -0.2) is 36.7 Å². The lowest BCUT2D eigenvalue weighted by molar-refractivity contribution is -0.0398. The lowest BCUT2D eigenvalue weighted by atomic mass is 10.1. The molecule has 0 aromatic heterocycles. The van der Waals surface area contributed by atoms with Crippen molar-refractivity contribution in [2.45, 2.75) is 31.1 Å². The SMILES string of the molecule is NC(CN1CC2CCC(C1)O2)c1ccc(F)cc1F. The molecule has 2 aliphatic rings. The van der Waals surface area contributed by atoms with E-state index in [4.69, 9.17) is 10.5 Å². The third kappa shape index (κ3) is 2.78. The highest BCUT2D eigenvalue weighted by Gasteiger charge is 2.34. The Labute approximate surface area is 111 Å². The van der Waals surface area contributed by atoms with Crippen molar-refractivity contribution < 1.29 is 13.5 Å². The summed E-state index contributed by atoms with van der Waals surface area (Å²) in [5, 5.41) is 0. The predicted molar refractivity (Wildman–Crippen MR) is 67.6 cm³/mol. The average Bonchev–Trinajstić information content (AvgIpc) is 2.68. The van der Waals surface area contributed by atoms with Gasteiger partial charge in [-0.05, 0) is 18.9 Å². The first-order chi connectivity index (χ1) is 9.11. The number of morpholine rings is 1. The number of fused-ring (bicyclic) bond motifs is 2. The largest absolute Gasteiger partial charge is 0.372 e. The summed E-state index contributed by atoms with van der Waals surface area (Å²) in [6, 6.07) is 3.14. The zero-order valence-electron chi connectivity index (χ0n) is 10.7. The maximum absolute atomic E-state index is 13.7. The van der Waals surface area contributed by atoms with Crippen LogP contribution >= 0.6 is 0 Å². The molecular formula is C14H18F2N2O.